The molecule has 7 atom stereocenters. The highest BCUT2D eigenvalue weighted by atomic mass is 19.1. The molecule has 28 heavy (non-hydrogen) atoms. The monoisotopic (exact) mass is 390 g/mol. The molecule has 0 aromatic rings. The number of carbonyl (C=O) groups is 3. The van der Waals surface area contributed by atoms with Crippen LogP contribution in [-0.4, -0.2) is 45.4 Å². The Labute approximate surface area is 163 Å². The molecule has 4 rings (SSSR count). The smallest absolute Gasteiger partial charge is 0.190 e. The first kappa shape index (κ1) is 19.6. The van der Waals surface area contributed by atoms with Gasteiger partial charge in [-0.05, 0) is 50.2 Å². The van der Waals surface area contributed by atoms with Gasteiger partial charge in [0.25, 0.3) is 0 Å². The van der Waals surface area contributed by atoms with Crippen LogP contribution in [0.25, 0.3) is 0 Å². The number of carbonyl (C=O) groups excluding carboxylic acids is 3. The van der Waals surface area contributed by atoms with Gasteiger partial charge in [0.05, 0.1) is 0 Å². The quantitative estimate of drug-likeness (QED) is 0.753. The summed E-state index contributed by atoms with van der Waals surface area (Å²) < 4.78 is 16.8. The summed E-state index contributed by atoms with van der Waals surface area (Å²) in [4.78, 5) is 37.7. The zero-order chi connectivity index (χ0) is 20.7. The largest absolute Gasteiger partial charge is 0.388 e. The predicted molar refractivity (Wildman–Crippen MR) is 98.9 cm³/mol. The molecule has 0 aromatic carbocycles. The van der Waals surface area contributed by atoms with Crippen LogP contribution in [0.3, 0.4) is 0 Å². The minimum Gasteiger partial charge on any atom is -0.388 e. The second-order valence-corrected chi connectivity index (χ2v) is 9.57. The van der Waals surface area contributed by atoms with Crippen molar-refractivity contribution in [2.45, 2.75) is 57.7 Å². The van der Waals surface area contributed by atoms with E-state index in [4.69, 9.17) is 0 Å². The molecule has 0 bridgehead atoms. The maximum Gasteiger partial charge on any atom is 0.190 e. The summed E-state index contributed by atoms with van der Waals surface area (Å²) in [5, 5.41) is 20.8. The molecule has 6 heteroatoms. The number of Topliss-reactive ketones (excluding diaryl/α,β-unsaturated/α-hetero) is 2. The molecule has 2 N–H and O–H groups in total. The molecule has 0 saturated heterocycles. The number of hydrogen-bond acceptors (Lipinski definition) is 5. The van der Waals surface area contributed by atoms with E-state index in [-0.39, 0.29) is 18.1 Å². The van der Waals surface area contributed by atoms with Crippen molar-refractivity contribution in [3.05, 3.63) is 23.8 Å². The molecule has 0 spiro atoms. The number of aliphatic hydroxyl groups is 2. The second kappa shape index (κ2) is 5.70. The third-order valence-electron chi connectivity index (χ3n) is 8.55. The number of rotatable bonds is 2. The van der Waals surface area contributed by atoms with Gasteiger partial charge in [-0.1, -0.05) is 25.5 Å². The van der Waals surface area contributed by atoms with E-state index in [0.29, 0.717) is 24.8 Å². The van der Waals surface area contributed by atoms with Crippen molar-refractivity contribution < 1.29 is 29.0 Å². The van der Waals surface area contributed by atoms with Crippen molar-refractivity contribution in [1.82, 2.24) is 0 Å². The Bertz CT molecular complexity index is 846. The van der Waals surface area contributed by atoms with E-state index in [2.05, 4.69) is 0 Å². The van der Waals surface area contributed by atoms with Crippen molar-refractivity contribution in [1.29, 1.82) is 0 Å². The summed E-state index contributed by atoms with van der Waals surface area (Å²) >= 11 is 0. The van der Waals surface area contributed by atoms with Gasteiger partial charge in [0.2, 0.25) is 0 Å². The molecule has 152 valence electrons. The maximum absolute atomic E-state index is 16.8. The lowest BCUT2D eigenvalue weighted by atomic mass is 9.45. The number of alkyl halides is 1. The standard InChI is InChI=1S/C22H27FO5/c1-12-8-16-15-5-4-13-9-14(25)6-7-19(13,2)21(15,23)17(26)10-20(16,3)22(12,28)18(27)11-24/h6-7,9,12,15-16,24,28H,4-5,8,10-11H2,1-3H3/t12-,15?,16?,19?,20?,21+,22+/m1/s1. The fourth-order valence-electron chi connectivity index (χ4n) is 6.99. The summed E-state index contributed by atoms with van der Waals surface area (Å²) in [7, 11) is 0. The van der Waals surface area contributed by atoms with Crippen LogP contribution in [0.2, 0.25) is 0 Å². The highest BCUT2D eigenvalue weighted by Gasteiger charge is 2.75. The van der Waals surface area contributed by atoms with Crippen LogP contribution in [0.4, 0.5) is 4.39 Å². The van der Waals surface area contributed by atoms with Crippen molar-refractivity contribution in [2.24, 2.45) is 28.6 Å². The lowest BCUT2D eigenvalue weighted by Gasteiger charge is -2.59. The Morgan fingerprint density at radius 2 is 1.96 bits per heavy atom. The van der Waals surface area contributed by atoms with E-state index in [0.717, 1.165) is 0 Å². The average Bonchev–Trinajstić information content (AvgIpc) is 2.84. The number of aliphatic hydroxyl groups excluding tert-OH is 1. The number of ketones is 3. The van der Waals surface area contributed by atoms with E-state index >= 15 is 4.39 Å². The zero-order valence-corrected chi connectivity index (χ0v) is 16.5. The Hall–Kier alpha value is -1.66. The van der Waals surface area contributed by atoms with Crippen LogP contribution in [-0.2, 0) is 14.4 Å². The molecule has 4 aliphatic rings. The van der Waals surface area contributed by atoms with Gasteiger partial charge in [-0.3, -0.25) is 14.4 Å². The van der Waals surface area contributed by atoms with Crippen molar-refractivity contribution in [3.8, 4) is 0 Å². The summed E-state index contributed by atoms with van der Waals surface area (Å²) in [6, 6.07) is 0. The third-order valence-corrected chi connectivity index (χ3v) is 8.55. The van der Waals surface area contributed by atoms with Gasteiger partial charge in [-0.25, -0.2) is 4.39 Å². The molecule has 4 unspecified atom stereocenters. The SMILES string of the molecule is C[C@@H]1CC2C3CCC4=CC(=O)C=CC4(C)[C@@]3(F)C(=O)CC2(C)[C@@]1(O)C(=O)CO. The number of halogens is 1. The summed E-state index contributed by atoms with van der Waals surface area (Å²) in [6.07, 6.45) is 5.35. The van der Waals surface area contributed by atoms with Gasteiger partial charge in [0.15, 0.2) is 23.0 Å². The second-order valence-electron chi connectivity index (χ2n) is 9.57. The van der Waals surface area contributed by atoms with Gasteiger partial charge >= 0.3 is 0 Å². The van der Waals surface area contributed by atoms with Crippen LogP contribution in [0.15, 0.2) is 23.8 Å². The summed E-state index contributed by atoms with van der Waals surface area (Å²) in [5.74, 6) is -3.01. The van der Waals surface area contributed by atoms with E-state index in [1.54, 1.807) is 20.8 Å². The highest BCUT2D eigenvalue weighted by Crippen LogP contribution is 2.69. The van der Waals surface area contributed by atoms with Gasteiger partial charge in [-0.15, -0.1) is 0 Å². The number of allylic oxidation sites excluding steroid dienone is 4. The van der Waals surface area contributed by atoms with Gasteiger partial charge < -0.3 is 10.2 Å². The molecule has 0 heterocycles. The van der Waals surface area contributed by atoms with E-state index in [1.807, 2.05) is 0 Å². The normalized spacial score (nSPS) is 49.9. The molecule has 4 aliphatic carbocycles. The van der Waals surface area contributed by atoms with E-state index < -0.39 is 52.1 Å². The Morgan fingerprint density at radius 1 is 1.29 bits per heavy atom. The first-order valence-electron chi connectivity index (χ1n) is 9.99. The van der Waals surface area contributed by atoms with Crippen molar-refractivity contribution in [2.75, 3.05) is 6.61 Å². The van der Waals surface area contributed by atoms with Gasteiger partial charge in [0.1, 0.15) is 12.2 Å². The third kappa shape index (κ3) is 1.96. The number of fused-ring (bicyclic) bond motifs is 5. The molecular formula is C22H27FO5. The highest BCUT2D eigenvalue weighted by molar-refractivity contribution is 6.03. The topological polar surface area (TPSA) is 91.7 Å². The average molecular weight is 390 g/mol. The molecular weight excluding hydrogens is 363 g/mol. The van der Waals surface area contributed by atoms with Gasteiger partial charge in [-0.2, -0.15) is 0 Å². The molecule has 5 nitrogen and oxygen atoms in total. The van der Waals surface area contributed by atoms with E-state index in [1.165, 1.54) is 18.2 Å². The first-order valence-corrected chi connectivity index (χ1v) is 9.99. The van der Waals surface area contributed by atoms with Gasteiger partial charge in [0, 0.05) is 23.2 Å². The molecule has 3 fully saturated rings. The predicted octanol–water partition coefficient (Wildman–Crippen LogP) is 2.10. The Kier molecular flexibility index (Phi) is 4.00. The Morgan fingerprint density at radius 3 is 2.61 bits per heavy atom. The molecule has 3 saturated carbocycles. The van der Waals surface area contributed by atoms with Crippen LogP contribution in [0.5, 0.6) is 0 Å². The maximum atomic E-state index is 16.8. The minimum atomic E-state index is -2.17. The summed E-state index contributed by atoms with van der Waals surface area (Å²) in [5.41, 5.74) is -5.68. The van der Waals surface area contributed by atoms with Crippen molar-refractivity contribution in [3.63, 3.8) is 0 Å². The number of hydrogen-bond donors (Lipinski definition) is 2. The van der Waals surface area contributed by atoms with Crippen LogP contribution < -0.4 is 0 Å². The zero-order valence-electron chi connectivity index (χ0n) is 16.5. The molecule has 0 radical (unpaired) electrons. The first-order chi connectivity index (χ1) is 13.0. The molecule has 0 aromatic heterocycles. The Balaban J connectivity index is 1.85. The van der Waals surface area contributed by atoms with Crippen molar-refractivity contribution >= 4 is 17.3 Å². The summed E-state index contributed by atoms with van der Waals surface area (Å²) in [6.45, 7) is 4.30. The fraction of sp³-hybridized carbons (Fsp3) is 0.682. The molecule has 0 aliphatic heterocycles. The van der Waals surface area contributed by atoms with Crippen LogP contribution in [0, 0.1) is 28.6 Å². The fourth-order valence-corrected chi connectivity index (χ4v) is 6.99. The lowest BCUT2D eigenvalue weighted by Crippen LogP contribution is -2.68. The lowest BCUT2D eigenvalue weighted by molar-refractivity contribution is -0.187. The van der Waals surface area contributed by atoms with Crippen LogP contribution >= 0.6 is 0 Å². The van der Waals surface area contributed by atoms with Crippen LogP contribution in [0.1, 0.15) is 46.5 Å². The minimum absolute atomic E-state index is 0.194. The molecule has 0 amide bonds. The van der Waals surface area contributed by atoms with E-state index in [9.17, 15) is 24.6 Å².